The van der Waals surface area contributed by atoms with Crippen LogP contribution in [0.1, 0.15) is 48.5 Å². The maximum absolute atomic E-state index is 14.4. The van der Waals surface area contributed by atoms with Gasteiger partial charge in [0, 0.05) is 68.1 Å². The SMILES string of the molecule is CCN1CCC(Nc2ncc(-c3cc(NC[C@@H](C)c4cccc5c(C(=O)NC)c(F)cnc45)ncn3)cn2)CC1. The predicted octanol–water partition coefficient (Wildman–Crippen LogP) is 4.09. The van der Waals surface area contributed by atoms with E-state index in [0.717, 1.165) is 49.8 Å². The minimum Gasteiger partial charge on any atom is -0.369 e. The van der Waals surface area contributed by atoms with E-state index in [1.165, 1.54) is 13.4 Å². The summed E-state index contributed by atoms with van der Waals surface area (Å²) in [5, 5.41) is 9.80. The summed E-state index contributed by atoms with van der Waals surface area (Å²) in [6.07, 6.45) is 8.32. The van der Waals surface area contributed by atoms with E-state index >= 15 is 0 Å². The van der Waals surface area contributed by atoms with E-state index in [-0.39, 0.29) is 11.5 Å². The molecular weight excluding hydrogens is 509 g/mol. The molecular formula is C29H34FN9O. The van der Waals surface area contributed by atoms with Crippen LogP contribution >= 0.6 is 0 Å². The van der Waals surface area contributed by atoms with Gasteiger partial charge < -0.3 is 20.9 Å². The number of hydrogen-bond donors (Lipinski definition) is 3. The van der Waals surface area contributed by atoms with Crippen molar-refractivity contribution in [2.45, 2.75) is 38.6 Å². The number of rotatable bonds is 9. The molecule has 0 aliphatic carbocycles. The highest BCUT2D eigenvalue weighted by Gasteiger charge is 2.20. The lowest BCUT2D eigenvalue weighted by Crippen LogP contribution is -2.39. The third kappa shape index (κ3) is 5.99. The number of amides is 1. The Morgan fingerprint density at radius 1 is 1.10 bits per heavy atom. The molecule has 1 saturated heterocycles. The highest BCUT2D eigenvalue weighted by molar-refractivity contribution is 6.06. The van der Waals surface area contributed by atoms with E-state index in [0.29, 0.717) is 40.9 Å². The van der Waals surface area contributed by atoms with Crippen LogP contribution in [0, 0.1) is 5.82 Å². The fourth-order valence-corrected chi connectivity index (χ4v) is 5.07. The number of para-hydroxylation sites is 1. The smallest absolute Gasteiger partial charge is 0.254 e. The van der Waals surface area contributed by atoms with Crippen molar-refractivity contribution in [1.82, 2.24) is 35.1 Å². The highest BCUT2D eigenvalue weighted by Crippen LogP contribution is 2.28. The van der Waals surface area contributed by atoms with Gasteiger partial charge in [0.2, 0.25) is 5.95 Å². The first-order valence-corrected chi connectivity index (χ1v) is 13.6. The zero-order chi connectivity index (χ0) is 28.1. The molecule has 0 radical (unpaired) electrons. The molecule has 4 heterocycles. The number of benzene rings is 1. The molecule has 5 rings (SSSR count). The summed E-state index contributed by atoms with van der Waals surface area (Å²) in [5.74, 6) is 0.158. The molecule has 208 valence electrons. The minimum atomic E-state index is -0.645. The number of pyridine rings is 1. The summed E-state index contributed by atoms with van der Waals surface area (Å²) in [6, 6.07) is 7.72. The molecule has 40 heavy (non-hydrogen) atoms. The number of halogens is 1. The maximum Gasteiger partial charge on any atom is 0.254 e. The molecule has 3 aromatic heterocycles. The lowest BCUT2D eigenvalue weighted by molar-refractivity contribution is 0.0960. The number of fused-ring (bicyclic) bond motifs is 1. The Bertz CT molecular complexity index is 1470. The van der Waals surface area contributed by atoms with Crippen molar-refractivity contribution in [2.24, 2.45) is 0 Å². The maximum atomic E-state index is 14.4. The van der Waals surface area contributed by atoms with Crippen LogP contribution in [0.5, 0.6) is 0 Å². The van der Waals surface area contributed by atoms with E-state index in [9.17, 15) is 9.18 Å². The zero-order valence-corrected chi connectivity index (χ0v) is 23.0. The topological polar surface area (TPSA) is 121 Å². The normalized spacial score (nSPS) is 15.1. The van der Waals surface area contributed by atoms with Gasteiger partial charge in [-0.2, -0.15) is 0 Å². The lowest BCUT2D eigenvalue weighted by Gasteiger charge is -2.31. The fraction of sp³-hybridized carbons (Fsp3) is 0.379. The summed E-state index contributed by atoms with van der Waals surface area (Å²) >= 11 is 0. The van der Waals surface area contributed by atoms with Crippen molar-refractivity contribution in [3.05, 3.63) is 66.1 Å². The van der Waals surface area contributed by atoms with Gasteiger partial charge in [-0.15, -0.1) is 0 Å². The molecule has 0 saturated carbocycles. The second-order valence-electron chi connectivity index (χ2n) is 10.0. The van der Waals surface area contributed by atoms with Gasteiger partial charge in [-0.25, -0.2) is 24.3 Å². The third-order valence-corrected chi connectivity index (χ3v) is 7.44. The number of nitrogens with zero attached hydrogens (tertiary/aromatic N) is 6. The average Bonchev–Trinajstić information content (AvgIpc) is 3.00. The van der Waals surface area contributed by atoms with Gasteiger partial charge in [0.15, 0.2) is 5.82 Å². The number of anilines is 2. The van der Waals surface area contributed by atoms with Crippen LogP contribution in [0.25, 0.3) is 22.2 Å². The number of piperidine rings is 1. The van der Waals surface area contributed by atoms with E-state index in [1.807, 2.05) is 25.1 Å². The van der Waals surface area contributed by atoms with Crippen LogP contribution in [-0.2, 0) is 0 Å². The molecule has 0 bridgehead atoms. The number of carbonyl (C=O) groups is 1. The predicted molar refractivity (Wildman–Crippen MR) is 154 cm³/mol. The largest absolute Gasteiger partial charge is 0.369 e. The van der Waals surface area contributed by atoms with Crippen molar-refractivity contribution < 1.29 is 9.18 Å². The first kappa shape index (κ1) is 27.3. The fourth-order valence-electron chi connectivity index (χ4n) is 5.07. The molecule has 1 aliphatic heterocycles. The van der Waals surface area contributed by atoms with Crippen LogP contribution in [0.2, 0.25) is 0 Å². The molecule has 4 aromatic rings. The van der Waals surface area contributed by atoms with E-state index in [2.05, 4.69) is 52.7 Å². The quantitative estimate of drug-likeness (QED) is 0.287. The Labute approximate surface area is 232 Å². The van der Waals surface area contributed by atoms with Crippen molar-refractivity contribution in [1.29, 1.82) is 0 Å². The van der Waals surface area contributed by atoms with E-state index in [1.54, 1.807) is 18.5 Å². The van der Waals surface area contributed by atoms with Crippen molar-refractivity contribution >= 4 is 28.6 Å². The molecule has 1 fully saturated rings. The van der Waals surface area contributed by atoms with Gasteiger partial charge in [0.25, 0.3) is 5.91 Å². The molecule has 1 aromatic carbocycles. The van der Waals surface area contributed by atoms with Gasteiger partial charge in [-0.1, -0.05) is 32.0 Å². The van der Waals surface area contributed by atoms with E-state index < -0.39 is 11.7 Å². The molecule has 3 N–H and O–H groups in total. The van der Waals surface area contributed by atoms with Gasteiger partial charge in [0.1, 0.15) is 12.1 Å². The molecule has 0 unspecified atom stereocenters. The molecule has 10 nitrogen and oxygen atoms in total. The van der Waals surface area contributed by atoms with Crippen molar-refractivity contribution in [3.8, 4) is 11.3 Å². The molecule has 1 atom stereocenters. The highest BCUT2D eigenvalue weighted by atomic mass is 19.1. The van der Waals surface area contributed by atoms with Crippen molar-refractivity contribution in [2.75, 3.05) is 43.9 Å². The zero-order valence-electron chi connectivity index (χ0n) is 23.0. The van der Waals surface area contributed by atoms with Crippen LogP contribution in [0.4, 0.5) is 16.2 Å². The van der Waals surface area contributed by atoms with Crippen molar-refractivity contribution in [3.63, 3.8) is 0 Å². The molecule has 0 spiro atoms. The molecule has 1 aliphatic rings. The summed E-state index contributed by atoms with van der Waals surface area (Å²) in [4.78, 5) is 36.9. The van der Waals surface area contributed by atoms with Gasteiger partial charge in [-0.3, -0.25) is 9.78 Å². The average molecular weight is 544 g/mol. The van der Waals surface area contributed by atoms with Crippen LogP contribution in [0.15, 0.2) is 49.2 Å². The lowest BCUT2D eigenvalue weighted by atomic mass is 9.96. The monoisotopic (exact) mass is 543 g/mol. The second-order valence-corrected chi connectivity index (χ2v) is 10.0. The Kier molecular flexibility index (Phi) is 8.40. The number of nitrogens with one attached hydrogen (secondary N) is 3. The second kappa shape index (κ2) is 12.3. The van der Waals surface area contributed by atoms with Crippen LogP contribution in [0.3, 0.4) is 0 Å². The van der Waals surface area contributed by atoms with Gasteiger partial charge >= 0.3 is 0 Å². The number of likely N-dealkylation sites (tertiary alicyclic amines) is 1. The van der Waals surface area contributed by atoms with Gasteiger partial charge in [-0.05, 0) is 24.9 Å². The minimum absolute atomic E-state index is 0.000248. The summed E-state index contributed by atoms with van der Waals surface area (Å²) in [6.45, 7) is 8.05. The summed E-state index contributed by atoms with van der Waals surface area (Å²) in [7, 11) is 1.48. The third-order valence-electron chi connectivity index (χ3n) is 7.44. The number of aromatic nitrogens is 5. The Hall–Kier alpha value is -4.25. The van der Waals surface area contributed by atoms with Crippen LogP contribution in [-0.4, -0.2) is 75.0 Å². The molecule has 11 heteroatoms. The van der Waals surface area contributed by atoms with E-state index in [4.69, 9.17) is 0 Å². The first-order chi connectivity index (χ1) is 19.5. The Balaban J connectivity index is 1.25. The molecule has 1 amide bonds. The Morgan fingerprint density at radius 2 is 1.88 bits per heavy atom. The summed E-state index contributed by atoms with van der Waals surface area (Å²) < 4.78 is 14.4. The first-order valence-electron chi connectivity index (χ1n) is 13.6. The number of carbonyl (C=O) groups excluding carboxylic acids is 1. The number of hydrogen-bond acceptors (Lipinski definition) is 9. The summed E-state index contributed by atoms with van der Waals surface area (Å²) in [5.41, 5.74) is 3.01. The standard InChI is InChI=1S/C29H34FN9O/c1-4-39-10-8-20(9-11-39)38-29-34-14-19(15-35-29)24-12-25(37-17-36-24)32-13-18(2)21-6-5-7-22-26(28(40)31-3)23(30)16-33-27(21)22/h5-7,12,14-18,20H,4,8-11,13H2,1-3H3,(H,31,40)(H,32,36,37)(H,34,35,38)/t18-/m1/s1. The Morgan fingerprint density at radius 3 is 2.60 bits per heavy atom. The van der Waals surface area contributed by atoms with Crippen LogP contribution < -0.4 is 16.0 Å². The van der Waals surface area contributed by atoms with Gasteiger partial charge in [0.05, 0.1) is 23.0 Å².